The molecule has 4 N–H and O–H groups in total. The first-order chi connectivity index (χ1) is 15.4. The Bertz CT molecular complexity index is 1130. The number of nitrogens with zero attached hydrogens (tertiary/aromatic N) is 1. The molecule has 0 atom stereocenters. The second-order valence-electron chi connectivity index (χ2n) is 6.58. The first-order valence-electron chi connectivity index (χ1n) is 9.42. The van der Waals surface area contributed by atoms with Crippen LogP contribution in [0.15, 0.2) is 77.9 Å². The molecule has 3 rings (SSSR count). The van der Waals surface area contributed by atoms with Crippen LogP contribution in [-0.4, -0.2) is 23.9 Å². The van der Waals surface area contributed by atoms with E-state index in [1.54, 1.807) is 36.4 Å². The van der Waals surface area contributed by atoms with E-state index in [1.165, 1.54) is 30.5 Å². The standard InChI is InChI=1S/C23H19ClN4O4/c24-18-7-1-16(2-8-18)14-32-20-11-3-15(4-12-20)13-26-28-23(31)22(30)27-19-9-5-17(6-10-19)21(25)29/h1-13H,14H2,(H2,25,29)(H,27,30)(H,28,31)/b26-13+. The lowest BCUT2D eigenvalue weighted by Gasteiger charge is -2.06. The van der Waals surface area contributed by atoms with E-state index >= 15 is 0 Å². The highest BCUT2D eigenvalue weighted by Crippen LogP contribution is 2.15. The van der Waals surface area contributed by atoms with Crippen molar-refractivity contribution in [1.29, 1.82) is 0 Å². The van der Waals surface area contributed by atoms with Gasteiger partial charge in [0.05, 0.1) is 6.21 Å². The number of hydrogen-bond acceptors (Lipinski definition) is 5. The van der Waals surface area contributed by atoms with Gasteiger partial charge >= 0.3 is 11.8 Å². The highest BCUT2D eigenvalue weighted by Gasteiger charge is 2.13. The fraction of sp³-hybridized carbons (Fsp3) is 0.0435. The number of nitrogens with two attached hydrogens (primary N) is 1. The summed E-state index contributed by atoms with van der Waals surface area (Å²) in [7, 11) is 0. The largest absolute Gasteiger partial charge is 0.489 e. The number of hydrazone groups is 1. The summed E-state index contributed by atoms with van der Waals surface area (Å²) in [4.78, 5) is 34.8. The normalized spacial score (nSPS) is 10.5. The van der Waals surface area contributed by atoms with Gasteiger partial charge in [-0.25, -0.2) is 5.43 Å². The van der Waals surface area contributed by atoms with Crippen molar-refractivity contribution in [3.05, 3.63) is 94.5 Å². The molecule has 0 fully saturated rings. The minimum atomic E-state index is -0.942. The third-order valence-electron chi connectivity index (χ3n) is 4.21. The monoisotopic (exact) mass is 450 g/mol. The molecule has 0 aliphatic rings. The summed E-state index contributed by atoms with van der Waals surface area (Å²) in [6.45, 7) is 0.404. The SMILES string of the molecule is NC(=O)c1ccc(NC(=O)C(=O)N/N=C/c2ccc(OCc3ccc(Cl)cc3)cc2)cc1. The van der Waals surface area contributed by atoms with E-state index in [0.29, 0.717) is 34.2 Å². The molecule has 0 radical (unpaired) electrons. The summed E-state index contributed by atoms with van der Waals surface area (Å²) in [6.07, 6.45) is 1.40. The lowest BCUT2D eigenvalue weighted by Crippen LogP contribution is -2.32. The first kappa shape index (κ1) is 22.5. The average molecular weight is 451 g/mol. The van der Waals surface area contributed by atoms with E-state index in [0.717, 1.165) is 5.56 Å². The van der Waals surface area contributed by atoms with E-state index in [9.17, 15) is 14.4 Å². The zero-order valence-corrected chi connectivity index (χ0v) is 17.5. The van der Waals surface area contributed by atoms with E-state index < -0.39 is 17.7 Å². The van der Waals surface area contributed by atoms with Gasteiger partial charge in [0.25, 0.3) is 0 Å². The Labute approximate surface area is 189 Å². The summed E-state index contributed by atoms with van der Waals surface area (Å²) in [6, 6.07) is 20.2. The van der Waals surface area contributed by atoms with Crippen LogP contribution in [0.3, 0.4) is 0 Å². The van der Waals surface area contributed by atoms with Crippen LogP contribution in [0.25, 0.3) is 0 Å². The van der Waals surface area contributed by atoms with Gasteiger partial charge in [-0.05, 0) is 71.8 Å². The molecule has 9 heteroatoms. The summed E-state index contributed by atoms with van der Waals surface area (Å²) in [5.74, 6) is -1.76. The van der Waals surface area contributed by atoms with Crippen molar-refractivity contribution in [2.45, 2.75) is 6.61 Å². The zero-order valence-electron chi connectivity index (χ0n) is 16.7. The summed E-state index contributed by atoms with van der Waals surface area (Å²) < 4.78 is 5.70. The van der Waals surface area contributed by atoms with Gasteiger partial charge in [-0.15, -0.1) is 0 Å². The number of ether oxygens (including phenoxy) is 1. The van der Waals surface area contributed by atoms with Gasteiger partial charge in [-0.1, -0.05) is 23.7 Å². The van der Waals surface area contributed by atoms with Crippen LogP contribution >= 0.6 is 11.6 Å². The molecule has 0 unspecified atom stereocenters. The van der Waals surface area contributed by atoms with Crippen molar-refractivity contribution < 1.29 is 19.1 Å². The summed E-state index contributed by atoms with van der Waals surface area (Å²) in [5.41, 5.74) is 9.62. The van der Waals surface area contributed by atoms with Crippen molar-refractivity contribution in [1.82, 2.24) is 5.43 Å². The van der Waals surface area contributed by atoms with Crippen LogP contribution < -0.4 is 21.2 Å². The molecule has 0 heterocycles. The van der Waals surface area contributed by atoms with Gasteiger partial charge in [-0.3, -0.25) is 14.4 Å². The van der Waals surface area contributed by atoms with E-state index in [2.05, 4.69) is 15.8 Å². The molecule has 0 bridgehead atoms. The lowest BCUT2D eigenvalue weighted by atomic mass is 10.2. The number of amides is 3. The maximum Gasteiger partial charge on any atom is 0.329 e. The van der Waals surface area contributed by atoms with Crippen LogP contribution in [0.5, 0.6) is 5.75 Å². The zero-order chi connectivity index (χ0) is 22.9. The Morgan fingerprint density at radius 1 is 0.906 bits per heavy atom. The van der Waals surface area contributed by atoms with Crippen LogP contribution in [-0.2, 0) is 16.2 Å². The molecule has 3 aromatic rings. The maximum absolute atomic E-state index is 11.9. The molecule has 3 amide bonds. The highest BCUT2D eigenvalue weighted by atomic mass is 35.5. The summed E-state index contributed by atoms with van der Waals surface area (Å²) in [5, 5.41) is 6.83. The Morgan fingerprint density at radius 3 is 2.19 bits per heavy atom. The van der Waals surface area contributed by atoms with Gasteiger partial charge in [0.1, 0.15) is 12.4 Å². The molecule has 3 aromatic carbocycles. The molecule has 162 valence electrons. The molecular weight excluding hydrogens is 432 g/mol. The van der Waals surface area contributed by atoms with Gasteiger partial charge in [0.2, 0.25) is 5.91 Å². The molecule has 8 nitrogen and oxygen atoms in total. The van der Waals surface area contributed by atoms with Crippen molar-refractivity contribution in [3.8, 4) is 5.75 Å². The van der Waals surface area contributed by atoms with Crippen LogP contribution in [0.1, 0.15) is 21.5 Å². The Balaban J connectivity index is 1.46. The molecule has 0 aromatic heterocycles. The Hall–Kier alpha value is -4.17. The minimum absolute atomic E-state index is 0.290. The van der Waals surface area contributed by atoms with E-state index in [4.69, 9.17) is 22.1 Å². The van der Waals surface area contributed by atoms with E-state index in [-0.39, 0.29) is 0 Å². The Morgan fingerprint density at radius 2 is 1.56 bits per heavy atom. The maximum atomic E-state index is 11.9. The van der Waals surface area contributed by atoms with Crippen LogP contribution in [0.2, 0.25) is 5.02 Å². The molecule has 0 spiro atoms. The molecule has 32 heavy (non-hydrogen) atoms. The number of benzene rings is 3. The number of anilines is 1. The second kappa shape index (κ2) is 10.7. The van der Waals surface area contributed by atoms with Crippen molar-refractivity contribution in [3.63, 3.8) is 0 Å². The second-order valence-corrected chi connectivity index (χ2v) is 7.02. The van der Waals surface area contributed by atoms with Gasteiger partial charge in [0, 0.05) is 16.3 Å². The van der Waals surface area contributed by atoms with E-state index in [1.807, 2.05) is 12.1 Å². The van der Waals surface area contributed by atoms with Crippen molar-refractivity contribution >= 4 is 41.2 Å². The topological polar surface area (TPSA) is 123 Å². The molecule has 0 aliphatic carbocycles. The van der Waals surface area contributed by atoms with Crippen LogP contribution in [0, 0.1) is 0 Å². The highest BCUT2D eigenvalue weighted by molar-refractivity contribution is 6.39. The number of rotatable bonds is 7. The third-order valence-corrected chi connectivity index (χ3v) is 4.46. The van der Waals surface area contributed by atoms with Crippen molar-refractivity contribution in [2.24, 2.45) is 10.8 Å². The summed E-state index contributed by atoms with van der Waals surface area (Å²) >= 11 is 5.86. The first-order valence-corrected chi connectivity index (χ1v) is 9.80. The minimum Gasteiger partial charge on any atom is -0.489 e. The average Bonchev–Trinajstić information content (AvgIpc) is 2.80. The lowest BCUT2D eigenvalue weighted by molar-refractivity contribution is -0.136. The van der Waals surface area contributed by atoms with Crippen LogP contribution in [0.4, 0.5) is 5.69 Å². The van der Waals surface area contributed by atoms with Gasteiger partial charge in [0.15, 0.2) is 0 Å². The number of halogens is 1. The molecular formula is C23H19ClN4O4. The quantitative estimate of drug-likeness (QED) is 0.290. The molecule has 0 aliphatic heterocycles. The third kappa shape index (κ3) is 6.68. The predicted octanol–water partition coefficient (Wildman–Crippen LogP) is 3.11. The fourth-order valence-electron chi connectivity index (χ4n) is 2.52. The van der Waals surface area contributed by atoms with Gasteiger partial charge < -0.3 is 15.8 Å². The number of carbonyl (C=O) groups excluding carboxylic acids is 3. The van der Waals surface area contributed by atoms with Gasteiger partial charge in [-0.2, -0.15) is 5.10 Å². The number of carbonyl (C=O) groups is 3. The predicted molar refractivity (Wildman–Crippen MR) is 122 cm³/mol. The molecule has 0 saturated carbocycles. The molecule has 0 saturated heterocycles. The smallest absolute Gasteiger partial charge is 0.329 e. The number of primary amides is 1. The Kier molecular flexibility index (Phi) is 7.55. The number of nitrogens with one attached hydrogen (secondary N) is 2. The number of hydrogen-bond donors (Lipinski definition) is 3. The van der Waals surface area contributed by atoms with Crippen molar-refractivity contribution in [2.75, 3.05) is 5.32 Å². The fourth-order valence-corrected chi connectivity index (χ4v) is 2.65.